The Morgan fingerprint density at radius 2 is 2.00 bits per heavy atom. The van der Waals surface area contributed by atoms with Gasteiger partial charge < -0.3 is 15.8 Å². The Morgan fingerprint density at radius 3 is 2.54 bits per heavy atom. The lowest BCUT2D eigenvalue weighted by molar-refractivity contribution is -0.116. The smallest absolute Gasteiger partial charge is 0.341 e. The average molecular weight is 378 g/mol. The second kappa shape index (κ2) is 8.13. The van der Waals surface area contributed by atoms with E-state index in [0.29, 0.717) is 12.1 Å². The summed E-state index contributed by atoms with van der Waals surface area (Å²) < 4.78 is 6.77. The fourth-order valence-corrected chi connectivity index (χ4v) is 3.65. The van der Waals surface area contributed by atoms with Crippen LogP contribution in [-0.4, -0.2) is 34.2 Å². The quantitative estimate of drug-likeness (QED) is 0.716. The minimum atomic E-state index is -0.652. The van der Waals surface area contributed by atoms with E-state index in [2.05, 4.69) is 10.4 Å². The Hall–Kier alpha value is -2.68. The lowest BCUT2D eigenvalue weighted by atomic mass is 10.1. The third kappa shape index (κ3) is 4.29. The molecule has 0 fully saturated rings. The summed E-state index contributed by atoms with van der Waals surface area (Å²) >= 11 is 0.976. The highest BCUT2D eigenvalue weighted by molar-refractivity contribution is 7.18. The number of anilines is 1. The summed E-state index contributed by atoms with van der Waals surface area (Å²) in [6.45, 7) is 7.68. The zero-order valence-corrected chi connectivity index (χ0v) is 16.0. The molecule has 0 aromatic carbocycles. The van der Waals surface area contributed by atoms with Gasteiger partial charge in [-0.05, 0) is 39.3 Å². The van der Waals surface area contributed by atoms with Crippen molar-refractivity contribution in [2.45, 2.75) is 40.7 Å². The van der Waals surface area contributed by atoms with Gasteiger partial charge in [0.25, 0.3) is 5.91 Å². The molecule has 2 heterocycles. The predicted octanol–water partition coefficient (Wildman–Crippen LogP) is 2.17. The summed E-state index contributed by atoms with van der Waals surface area (Å²) in [7, 11) is 0. The van der Waals surface area contributed by atoms with Crippen molar-refractivity contribution in [3.05, 3.63) is 33.5 Å². The third-order valence-corrected chi connectivity index (χ3v) is 4.98. The van der Waals surface area contributed by atoms with Crippen LogP contribution in [0.5, 0.6) is 0 Å². The third-order valence-electron chi connectivity index (χ3n) is 3.76. The number of rotatable bonds is 7. The first-order chi connectivity index (χ1) is 12.2. The molecular formula is C17H22N4O4S. The molecule has 0 unspecified atom stereocenters. The lowest BCUT2D eigenvalue weighted by Gasteiger charge is -2.08. The highest BCUT2D eigenvalue weighted by Crippen LogP contribution is 2.33. The van der Waals surface area contributed by atoms with Gasteiger partial charge in [-0.25, -0.2) is 4.79 Å². The van der Waals surface area contributed by atoms with Gasteiger partial charge in [0.1, 0.15) is 5.00 Å². The maximum absolute atomic E-state index is 12.3. The van der Waals surface area contributed by atoms with Gasteiger partial charge in [-0.2, -0.15) is 5.10 Å². The monoisotopic (exact) mass is 378 g/mol. The van der Waals surface area contributed by atoms with Crippen LogP contribution in [0.3, 0.4) is 0 Å². The molecule has 0 saturated carbocycles. The Labute approximate surface area is 155 Å². The molecule has 0 aliphatic carbocycles. The summed E-state index contributed by atoms with van der Waals surface area (Å²) in [5.74, 6) is -1.54. The van der Waals surface area contributed by atoms with Gasteiger partial charge in [-0.3, -0.25) is 14.3 Å². The molecule has 8 nitrogen and oxygen atoms in total. The molecule has 0 aliphatic heterocycles. The minimum absolute atomic E-state index is 0.171. The SMILES string of the molecule is CCOC(=O)c1c(NC(=O)CCn2nc(C)cc2C)sc(C(N)=O)c1C. The number of amides is 2. The van der Waals surface area contributed by atoms with E-state index >= 15 is 0 Å². The van der Waals surface area contributed by atoms with Crippen molar-refractivity contribution in [3.63, 3.8) is 0 Å². The van der Waals surface area contributed by atoms with Crippen LogP contribution >= 0.6 is 11.3 Å². The minimum Gasteiger partial charge on any atom is -0.462 e. The largest absolute Gasteiger partial charge is 0.462 e. The van der Waals surface area contributed by atoms with Crippen LogP contribution in [0, 0.1) is 20.8 Å². The number of primary amides is 1. The van der Waals surface area contributed by atoms with E-state index in [0.717, 1.165) is 22.7 Å². The molecule has 0 spiro atoms. The van der Waals surface area contributed by atoms with E-state index in [-0.39, 0.29) is 34.4 Å². The molecule has 0 bridgehead atoms. The predicted molar refractivity (Wildman–Crippen MR) is 98.5 cm³/mol. The first-order valence-corrected chi connectivity index (χ1v) is 8.97. The normalized spacial score (nSPS) is 10.6. The van der Waals surface area contributed by atoms with Crippen LogP contribution in [0.15, 0.2) is 6.07 Å². The number of aryl methyl sites for hydroxylation is 3. The number of thiophene rings is 1. The maximum atomic E-state index is 12.3. The Bertz CT molecular complexity index is 853. The van der Waals surface area contributed by atoms with Crippen LogP contribution in [0.1, 0.15) is 50.3 Å². The van der Waals surface area contributed by atoms with Gasteiger partial charge in [0.2, 0.25) is 5.91 Å². The number of nitrogens with two attached hydrogens (primary N) is 1. The molecule has 9 heteroatoms. The fourth-order valence-electron chi connectivity index (χ4n) is 2.58. The standard InChI is InChI=1S/C17H22N4O4S/c1-5-25-17(24)13-11(4)14(15(18)23)26-16(13)19-12(22)6-7-21-10(3)8-9(2)20-21/h8H,5-7H2,1-4H3,(H2,18,23)(H,19,22). The van der Waals surface area contributed by atoms with E-state index in [1.807, 2.05) is 19.9 Å². The maximum Gasteiger partial charge on any atom is 0.341 e. The van der Waals surface area contributed by atoms with Gasteiger partial charge in [0.05, 0.1) is 22.7 Å². The Kier molecular flexibility index (Phi) is 6.14. The van der Waals surface area contributed by atoms with Crippen LogP contribution in [0.2, 0.25) is 0 Å². The molecule has 0 saturated heterocycles. The summed E-state index contributed by atoms with van der Waals surface area (Å²) in [6.07, 6.45) is 0.174. The van der Waals surface area contributed by atoms with E-state index in [1.54, 1.807) is 18.5 Å². The molecule has 2 rings (SSSR count). The number of carbonyl (C=O) groups is 3. The van der Waals surface area contributed by atoms with Crippen LogP contribution in [-0.2, 0) is 16.1 Å². The van der Waals surface area contributed by atoms with E-state index < -0.39 is 11.9 Å². The number of hydrogen-bond acceptors (Lipinski definition) is 6. The first-order valence-electron chi connectivity index (χ1n) is 8.15. The van der Waals surface area contributed by atoms with Crippen molar-refractivity contribution >= 4 is 34.1 Å². The highest BCUT2D eigenvalue weighted by atomic mass is 32.1. The van der Waals surface area contributed by atoms with Crippen LogP contribution in [0.25, 0.3) is 0 Å². The number of carbonyl (C=O) groups excluding carboxylic acids is 3. The second-order valence-electron chi connectivity index (χ2n) is 5.79. The Morgan fingerprint density at radius 1 is 1.31 bits per heavy atom. The number of ether oxygens (including phenoxy) is 1. The topological polar surface area (TPSA) is 116 Å². The van der Waals surface area contributed by atoms with Crippen molar-refractivity contribution < 1.29 is 19.1 Å². The summed E-state index contributed by atoms with van der Waals surface area (Å²) in [6, 6.07) is 1.93. The highest BCUT2D eigenvalue weighted by Gasteiger charge is 2.25. The van der Waals surface area contributed by atoms with Gasteiger partial charge in [0, 0.05) is 18.7 Å². The summed E-state index contributed by atoms with van der Waals surface area (Å²) in [4.78, 5) is 36.3. The molecule has 2 amide bonds. The number of aromatic nitrogens is 2. The molecule has 0 aliphatic rings. The number of esters is 1. The van der Waals surface area contributed by atoms with Crippen molar-refractivity contribution in [1.29, 1.82) is 0 Å². The van der Waals surface area contributed by atoms with Gasteiger partial charge in [-0.1, -0.05) is 0 Å². The molecule has 0 atom stereocenters. The molecular weight excluding hydrogens is 356 g/mol. The number of nitrogens with one attached hydrogen (secondary N) is 1. The van der Waals surface area contributed by atoms with Gasteiger partial charge in [0.15, 0.2) is 0 Å². The molecule has 2 aromatic rings. The van der Waals surface area contributed by atoms with E-state index in [1.165, 1.54) is 0 Å². The molecule has 26 heavy (non-hydrogen) atoms. The Balaban J connectivity index is 2.17. The zero-order valence-electron chi connectivity index (χ0n) is 15.2. The van der Waals surface area contributed by atoms with Crippen molar-refractivity contribution in [2.24, 2.45) is 5.73 Å². The van der Waals surface area contributed by atoms with E-state index in [4.69, 9.17) is 10.5 Å². The van der Waals surface area contributed by atoms with Crippen molar-refractivity contribution in [1.82, 2.24) is 9.78 Å². The van der Waals surface area contributed by atoms with E-state index in [9.17, 15) is 14.4 Å². The second-order valence-corrected chi connectivity index (χ2v) is 6.81. The molecule has 140 valence electrons. The van der Waals surface area contributed by atoms with Crippen molar-refractivity contribution in [3.8, 4) is 0 Å². The number of nitrogens with zero attached hydrogens (tertiary/aromatic N) is 2. The van der Waals surface area contributed by atoms with Crippen molar-refractivity contribution in [2.75, 3.05) is 11.9 Å². The summed E-state index contributed by atoms with van der Waals surface area (Å²) in [5, 5.41) is 7.27. The van der Waals surface area contributed by atoms with Gasteiger partial charge in [-0.15, -0.1) is 11.3 Å². The van der Waals surface area contributed by atoms with Crippen LogP contribution < -0.4 is 11.1 Å². The number of hydrogen-bond donors (Lipinski definition) is 2. The first kappa shape index (κ1) is 19.6. The zero-order chi connectivity index (χ0) is 19.4. The molecule has 3 N–H and O–H groups in total. The molecule has 0 radical (unpaired) electrons. The molecule has 2 aromatic heterocycles. The fraction of sp³-hybridized carbons (Fsp3) is 0.412. The van der Waals surface area contributed by atoms with Crippen LogP contribution in [0.4, 0.5) is 5.00 Å². The summed E-state index contributed by atoms with van der Waals surface area (Å²) in [5.41, 5.74) is 7.78. The average Bonchev–Trinajstić information content (AvgIpc) is 3.04. The van der Waals surface area contributed by atoms with Gasteiger partial charge >= 0.3 is 5.97 Å². The lowest BCUT2D eigenvalue weighted by Crippen LogP contribution is -2.17.